The van der Waals surface area contributed by atoms with E-state index in [4.69, 9.17) is 5.73 Å². The molecule has 0 aliphatic heterocycles. The van der Waals surface area contributed by atoms with Gasteiger partial charge >= 0.3 is 0 Å². The normalized spacial score (nSPS) is 12.2. The Kier molecular flexibility index (Phi) is 4.52. The third-order valence-electron chi connectivity index (χ3n) is 2.65. The van der Waals surface area contributed by atoms with Gasteiger partial charge in [0.25, 0.3) is 5.91 Å². The molecule has 0 aromatic heterocycles. The fraction of sp³-hybridized carbons (Fsp3) is 0.462. The van der Waals surface area contributed by atoms with Gasteiger partial charge in [-0.2, -0.15) is 0 Å². The number of phenolic OH excluding ortho intramolecular Hbond substituents is 1. The average Bonchev–Trinajstić information content (AvgIpc) is 2.28. The van der Waals surface area contributed by atoms with E-state index in [1.54, 1.807) is 30.1 Å². The van der Waals surface area contributed by atoms with Crippen LogP contribution in [0.25, 0.3) is 0 Å². The maximum absolute atomic E-state index is 12.1. The van der Waals surface area contributed by atoms with Crippen molar-refractivity contribution in [2.45, 2.75) is 26.3 Å². The highest BCUT2D eigenvalue weighted by molar-refractivity contribution is 5.96. The summed E-state index contributed by atoms with van der Waals surface area (Å²) >= 11 is 0. The van der Waals surface area contributed by atoms with E-state index < -0.39 is 0 Å². The van der Waals surface area contributed by atoms with Gasteiger partial charge in [-0.3, -0.25) is 4.79 Å². The quantitative estimate of drug-likeness (QED) is 0.832. The first-order chi connectivity index (χ1) is 7.91. The molecule has 1 rings (SSSR count). The van der Waals surface area contributed by atoms with E-state index in [1.165, 1.54) is 0 Å². The number of carbonyl (C=O) groups excluding carboxylic acids is 1. The number of hydrogen-bond acceptors (Lipinski definition) is 3. The van der Waals surface area contributed by atoms with E-state index >= 15 is 0 Å². The van der Waals surface area contributed by atoms with Gasteiger partial charge in [-0.15, -0.1) is 0 Å². The smallest absolute Gasteiger partial charge is 0.257 e. The lowest BCUT2D eigenvalue weighted by Crippen LogP contribution is -2.31. The molecule has 0 aliphatic carbocycles. The zero-order valence-corrected chi connectivity index (χ0v) is 10.6. The van der Waals surface area contributed by atoms with Crippen molar-refractivity contribution in [1.29, 1.82) is 0 Å². The van der Waals surface area contributed by atoms with Crippen molar-refractivity contribution in [2.75, 3.05) is 13.6 Å². The molecule has 1 atom stereocenters. The summed E-state index contributed by atoms with van der Waals surface area (Å²) < 4.78 is 0. The average molecular weight is 236 g/mol. The second-order valence-corrected chi connectivity index (χ2v) is 4.51. The molecule has 0 fully saturated rings. The highest BCUT2D eigenvalue weighted by Gasteiger charge is 2.15. The first-order valence-corrected chi connectivity index (χ1v) is 5.72. The number of amides is 1. The van der Waals surface area contributed by atoms with Gasteiger partial charge in [-0.1, -0.05) is 11.6 Å². The van der Waals surface area contributed by atoms with Crippen LogP contribution in [0.2, 0.25) is 0 Å². The minimum atomic E-state index is -0.174. The summed E-state index contributed by atoms with van der Waals surface area (Å²) in [4.78, 5) is 13.6. The molecule has 0 saturated carbocycles. The number of hydrogen-bond donors (Lipinski definition) is 2. The van der Waals surface area contributed by atoms with Crippen LogP contribution in [0.5, 0.6) is 5.75 Å². The molecule has 0 spiro atoms. The molecule has 4 heteroatoms. The van der Waals surface area contributed by atoms with E-state index in [0.29, 0.717) is 12.1 Å². The number of phenols is 1. The van der Waals surface area contributed by atoms with Crippen LogP contribution in [0.3, 0.4) is 0 Å². The van der Waals surface area contributed by atoms with Crippen LogP contribution in [-0.2, 0) is 0 Å². The van der Waals surface area contributed by atoms with Crippen LogP contribution in [0.1, 0.15) is 29.3 Å². The minimum absolute atomic E-state index is 0.0215. The Morgan fingerprint density at radius 3 is 2.76 bits per heavy atom. The van der Waals surface area contributed by atoms with E-state index in [-0.39, 0.29) is 17.7 Å². The molecule has 0 saturated heterocycles. The van der Waals surface area contributed by atoms with E-state index in [0.717, 1.165) is 12.0 Å². The maximum Gasteiger partial charge on any atom is 0.257 e. The van der Waals surface area contributed by atoms with Gasteiger partial charge in [0.15, 0.2) is 0 Å². The Bertz CT molecular complexity index is 402. The SMILES string of the molecule is Cc1ccc(O)c(C(=O)N(C)CCC(C)N)c1. The number of aromatic hydroxyl groups is 1. The van der Waals surface area contributed by atoms with Gasteiger partial charge in [0.05, 0.1) is 5.56 Å². The second-order valence-electron chi connectivity index (χ2n) is 4.51. The van der Waals surface area contributed by atoms with Crippen LogP contribution >= 0.6 is 0 Å². The summed E-state index contributed by atoms with van der Waals surface area (Å²) in [6.07, 6.45) is 0.745. The fourth-order valence-corrected chi connectivity index (χ4v) is 1.53. The largest absolute Gasteiger partial charge is 0.507 e. The van der Waals surface area contributed by atoms with Crippen LogP contribution in [0.15, 0.2) is 18.2 Å². The standard InChI is InChI=1S/C13H20N2O2/c1-9-4-5-12(16)11(8-9)13(17)15(3)7-6-10(2)14/h4-5,8,10,16H,6-7,14H2,1-3H3. The summed E-state index contributed by atoms with van der Waals surface area (Å²) in [6.45, 7) is 4.38. The van der Waals surface area contributed by atoms with Crippen molar-refractivity contribution in [1.82, 2.24) is 4.90 Å². The topological polar surface area (TPSA) is 66.6 Å². The monoisotopic (exact) mass is 236 g/mol. The zero-order chi connectivity index (χ0) is 13.0. The Morgan fingerprint density at radius 1 is 1.53 bits per heavy atom. The predicted molar refractivity (Wildman–Crippen MR) is 68.1 cm³/mol. The third-order valence-corrected chi connectivity index (χ3v) is 2.65. The van der Waals surface area contributed by atoms with E-state index in [1.807, 2.05) is 13.8 Å². The number of nitrogens with zero attached hydrogens (tertiary/aromatic N) is 1. The van der Waals surface area contributed by atoms with Gasteiger partial charge in [0.1, 0.15) is 5.75 Å². The molecule has 1 aromatic rings. The number of carbonyl (C=O) groups is 1. The molecule has 1 amide bonds. The lowest BCUT2D eigenvalue weighted by Gasteiger charge is -2.19. The highest BCUT2D eigenvalue weighted by Crippen LogP contribution is 2.19. The molecule has 1 unspecified atom stereocenters. The minimum Gasteiger partial charge on any atom is -0.507 e. The number of rotatable bonds is 4. The molecule has 0 aliphatic rings. The van der Waals surface area contributed by atoms with Crippen molar-refractivity contribution >= 4 is 5.91 Å². The van der Waals surface area contributed by atoms with Crippen LogP contribution in [-0.4, -0.2) is 35.5 Å². The van der Waals surface area contributed by atoms with Crippen molar-refractivity contribution in [3.05, 3.63) is 29.3 Å². The lowest BCUT2D eigenvalue weighted by atomic mass is 10.1. The Hall–Kier alpha value is -1.55. The lowest BCUT2D eigenvalue weighted by molar-refractivity contribution is 0.0789. The molecule has 17 heavy (non-hydrogen) atoms. The number of nitrogens with two attached hydrogens (primary N) is 1. The Labute approximate surface area is 102 Å². The molecule has 0 radical (unpaired) electrons. The molecular weight excluding hydrogens is 216 g/mol. The van der Waals surface area contributed by atoms with E-state index in [9.17, 15) is 9.90 Å². The van der Waals surface area contributed by atoms with Gasteiger partial charge in [-0.25, -0.2) is 0 Å². The Balaban J connectivity index is 2.78. The molecule has 4 nitrogen and oxygen atoms in total. The van der Waals surface area contributed by atoms with Gasteiger partial charge in [0, 0.05) is 19.6 Å². The second kappa shape index (κ2) is 5.68. The first kappa shape index (κ1) is 13.5. The van der Waals surface area contributed by atoms with Crippen LogP contribution < -0.4 is 5.73 Å². The zero-order valence-electron chi connectivity index (χ0n) is 10.6. The summed E-state index contributed by atoms with van der Waals surface area (Å²) in [5.41, 5.74) is 6.94. The summed E-state index contributed by atoms with van der Waals surface area (Å²) in [7, 11) is 1.71. The fourth-order valence-electron chi connectivity index (χ4n) is 1.53. The maximum atomic E-state index is 12.1. The van der Waals surface area contributed by atoms with E-state index in [2.05, 4.69) is 0 Å². The number of benzene rings is 1. The van der Waals surface area contributed by atoms with Crippen LogP contribution in [0.4, 0.5) is 0 Å². The summed E-state index contributed by atoms with van der Waals surface area (Å²) in [5, 5.41) is 9.66. The van der Waals surface area contributed by atoms with Gasteiger partial charge < -0.3 is 15.7 Å². The first-order valence-electron chi connectivity index (χ1n) is 5.72. The van der Waals surface area contributed by atoms with Crippen molar-refractivity contribution in [3.63, 3.8) is 0 Å². The molecular formula is C13H20N2O2. The van der Waals surface area contributed by atoms with Gasteiger partial charge in [-0.05, 0) is 32.4 Å². The third kappa shape index (κ3) is 3.75. The highest BCUT2D eigenvalue weighted by atomic mass is 16.3. The Morgan fingerprint density at radius 2 is 2.18 bits per heavy atom. The molecule has 3 N–H and O–H groups in total. The molecule has 0 heterocycles. The van der Waals surface area contributed by atoms with Crippen molar-refractivity contribution in [3.8, 4) is 5.75 Å². The summed E-state index contributed by atoms with van der Waals surface area (Å²) in [5.74, 6) is -0.153. The number of aryl methyl sites for hydroxylation is 1. The van der Waals surface area contributed by atoms with Gasteiger partial charge in [0.2, 0.25) is 0 Å². The predicted octanol–water partition coefficient (Wildman–Crippen LogP) is 1.51. The van der Waals surface area contributed by atoms with Crippen molar-refractivity contribution in [2.24, 2.45) is 5.73 Å². The van der Waals surface area contributed by atoms with Crippen LogP contribution in [0, 0.1) is 6.92 Å². The molecule has 94 valence electrons. The van der Waals surface area contributed by atoms with Crippen molar-refractivity contribution < 1.29 is 9.90 Å². The molecule has 0 bridgehead atoms. The molecule has 1 aromatic carbocycles. The summed E-state index contributed by atoms with van der Waals surface area (Å²) in [6, 6.07) is 5.08.